The fourth-order valence-corrected chi connectivity index (χ4v) is 1.82. The Hall–Kier alpha value is -2.14. The highest BCUT2D eigenvalue weighted by Gasteiger charge is 2.29. The number of hydrogen-bond acceptors (Lipinski definition) is 4. The molecule has 0 aromatic heterocycles. The van der Waals surface area contributed by atoms with Crippen LogP contribution in [0.25, 0.3) is 0 Å². The van der Waals surface area contributed by atoms with Gasteiger partial charge in [0.15, 0.2) is 6.10 Å². The van der Waals surface area contributed by atoms with Crippen LogP contribution in [0.2, 0.25) is 0 Å². The summed E-state index contributed by atoms with van der Waals surface area (Å²) in [6.07, 6.45) is 3.65. The number of esters is 1. The summed E-state index contributed by atoms with van der Waals surface area (Å²) in [6, 6.07) is 6.80. The lowest BCUT2D eigenvalue weighted by Crippen LogP contribution is -2.26. The van der Waals surface area contributed by atoms with Crippen molar-refractivity contribution in [1.29, 1.82) is 0 Å². The summed E-state index contributed by atoms with van der Waals surface area (Å²) in [7, 11) is 0. The molecule has 1 amide bonds. The fraction of sp³-hybridized carbons (Fsp3) is 0.412. The first-order chi connectivity index (χ1) is 10.6. The number of rotatable bonds is 8. The molecule has 1 saturated carbocycles. The van der Waals surface area contributed by atoms with Crippen LogP contribution in [-0.4, -0.2) is 24.6 Å². The van der Waals surface area contributed by atoms with E-state index in [1.165, 1.54) is 0 Å². The molecule has 0 saturated heterocycles. The van der Waals surface area contributed by atoms with Crippen LogP contribution >= 0.6 is 0 Å². The van der Waals surface area contributed by atoms with E-state index in [1.807, 2.05) is 0 Å². The number of benzene rings is 1. The van der Waals surface area contributed by atoms with Crippen LogP contribution in [0.1, 0.15) is 26.2 Å². The molecule has 0 bridgehead atoms. The smallest absolute Gasteiger partial charge is 0.340 e. The number of ether oxygens (including phenoxy) is 2. The van der Waals surface area contributed by atoms with Crippen molar-refractivity contribution in [3.05, 3.63) is 36.9 Å². The van der Waals surface area contributed by atoms with E-state index in [9.17, 15) is 9.59 Å². The Balaban J connectivity index is 1.87. The second-order valence-corrected chi connectivity index (χ2v) is 5.30. The summed E-state index contributed by atoms with van der Waals surface area (Å²) in [6.45, 7) is 5.66. The molecule has 1 aromatic carbocycles. The highest BCUT2D eigenvalue weighted by Crippen LogP contribution is 2.30. The summed E-state index contributed by atoms with van der Waals surface area (Å²) in [4.78, 5) is 23.6. The maximum absolute atomic E-state index is 11.9. The van der Waals surface area contributed by atoms with Crippen molar-refractivity contribution in [3.63, 3.8) is 0 Å². The van der Waals surface area contributed by atoms with Gasteiger partial charge in [-0.05, 0) is 38.3 Å². The van der Waals surface area contributed by atoms with Gasteiger partial charge in [0.2, 0.25) is 5.91 Å². The first-order valence-electron chi connectivity index (χ1n) is 7.45. The Labute approximate surface area is 130 Å². The number of nitrogens with one attached hydrogen (secondary N) is 1. The molecule has 118 valence electrons. The molecule has 0 spiro atoms. The minimum Gasteiger partial charge on any atom is -0.425 e. The van der Waals surface area contributed by atoms with E-state index < -0.39 is 12.1 Å². The Morgan fingerprint density at radius 1 is 1.45 bits per heavy atom. The maximum atomic E-state index is 11.9. The monoisotopic (exact) mass is 303 g/mol. The number of carbonyl (C=O) groups excluding carboxylic acids is 2. The normalized spacial score (nSPS) is 15.0. The van der Waals surface area contributed by atoms with Gasteiger partial charge in [-0.3, -0.25) is 4.79 Å². The van der Waals surface area contributed by atoms with Gasteiger partial charge in [0.25, 0.3) is 0 Å². The summed E-state index contributed by atoms with van der Waals surface area (Å²) in [5.74, 6) is 0.0709. The zero-order valence-corrected chi connectivity index (χ0v) is 12.7. The predicted octanol–water partition coefficient (Wildman–Crippen LogP) is 2.92. The van der Waals surface area contributed by atoms with Crippen molar-refractivity contribution in [2.75, 3.05) is 11.9 Å². The first kappa shape index (κ1) is 16.2. The molecule has 1 unspecified atom stereocenters. The summed E-state index contributed by atoms with van der Waals surface area (Å²) >= 11 is 0. The molecule has 1 atom stereocenters. The second kappa shape index (κ2) is 7.75. The summed E-state index contributed by atoms with van der Waals surface area (Å²) < 4.78 is 10.6. The fourth-order valence-electron chi connectivity index (χ4n) is 1.82. The Kier molecular flexibility index (Phi) is 5.72. The quantitative estimate of drug-likeness (QED) is 0.347. The van der Waals surface area contributed by atoms with E-state index in [0.717, 1.165) is 12.8 Å². The molecule has 0 aliphatic heterocycles. The Bertz CT molecular complexity index is 551. The lowest BCUT2D eigenvalue weighted by molar-refractivity contribution is -0.146. The van der Waals surface area contributed by atoms with Crippen molar-refractivity contribution in [2.24, 2.45) is 5.92 Å². The largest absolute Gasteiger partial charge is 0.425 e. The zero-order chi connectivity index (χ0) is 15.9. The summed E-state index contributed by atoms with van der Waals surface area (Å²) in [5.41, 5.74) is 0.627. The average Bonchev–Trinajstić information content (AvgIpc) is 3.32. The highest BCUT2D eigenvalue weighted by atomic mass is 16.6. The molecule has 22 heavy (non-hydrogen) atoms. The van der Waals surface area contributed by atoms with E-state index in [1.54, 1.807) is 37.3 Å². The van der Waals surface area contributed by atoms with Gasteiger partial charge in [0, 0.05) is 17.7 Å². The minimum absolute atomic E-state index is 0.0182. The van der Waals surface area contributed by atoms with Gasteiger partial charge in [-0.25, -0.2) is 4.79 Å². The van der Waals surface area contributed by atoms with Crippen LogP contribution < -0.4 is 10.1 Å². The van der Waals surface area contributed by atoms with Crippen molar-refractivity contribution in [2.45, 2.75) is 32.3 Å². The van der Waals surface area contributed by atoms with E-state index in [-0.39, 0.29) is 11.8 Å². The standard InChI is InChI=1S/C17H21NO4/c1-3-4-10-21-12(2)17(20)22-15-7-5-6-14(11-15)18-16(19)13-8-9-13/h3,5-7,11-13H,1,4,8-10H2,2H3,(H,18,19). The van der Waals surface area contributed by atoms with E-state index in [4.69, 9.17) is 9.47 Å². The lowest BCUT2D eigenvalue weighted by Gasteiger charge is -2.12. The third-order valence-corrected chi connectivity index (χ3v) is 3.29. The molecule has 0 radical (unpaired) electrons. The zero-order valence-electron chi connectivity index (χ0n) is 12.7. The molecule has 5 heteroatoms. The molecule has 0 heterocycles. The van der Waals surface area contributed by atoms with Gasteiger partial charge >= 0.3 is 5.97 Å². The van der Waals surface area contributed by atoms with Crippen molar-refractivity contribution < 1.29 is 19.1 Å². The number of hydrogen-bond donors (Lipinski definition) is 1. The lowest BCUT2D eigenvalue weighted by atomic mass is 10.3. The Morgan fingerprint density at radius 3 is 2.91 bits per heavy atom. The van der Waals surface area contributed by atoms with Crippen LogP contribution in [0.4, 0.5) is 5.69 Å². The number of carbonyl (C=O) groups is 2. The second-order valence-electron chi connectivity index (χ2n) is 5.30. The van der Waals surface area contributed by atoms with Crippen LogP contribution in [0, 0.1) is 5.92 Å². The van der Waals surface area contributed by atoms with E-state index >= 15 is 0 Å². The SMILES string of the molecule is C=CCCOC(C)C(=O)Oc1cccc(NC(=O)C2CC2)c1. The van der Waals surface area contributed by atoms with Gasteiger partial charge in [-0.15, -0.1) is 6.58 Å². The molecule has 1 N–H and O–H groups in total. The van der Waals surface area contributed by atoms with Crippen molar-refractivity contribution in [1.82, 2.24) is 0 Å². The molecule has 2 rings (SSSR count). The van der Waals surface area contributed by atoms with E-state index in [2.05, 4.69) is 11.9 Å². The summed E-state index contributed by atoms with van der Waals surface area (Å²) in [5, 5.41) is 2.82. The van der Waals surface area contributed by atoms with Crippen LogP contribution in [0.3, 0.4) is 0 Å². The third kappa shape index (κ3) is 5.00. The van der Waals surface area contributed by atoms with E-state index in [0.29, 0.717) is 24.5 Å². The highest BCUT2D eigenvalue weighted by molar-refractivity contribution is 5.94. The van der Waals surface area contributed by atoms with Crippen molar-refractivity contribution in [3.8, 4) is 5.75 Å². The van der Waals surface area contributed by atoms with Gasteiger partial charge in [0.1, 0.15) is 5.75 Å². The molecule has 1 aliphatic carbocycles. The molecule has 5 nitrogen and oxygen atoms in total. The number of amides is 1. The van der Waals surface area contributed by atoms with Crippen LogP contribution in [0.15, 0.2) is 36.9 Å². The van der Waals surface area contributed by atoms with Gasteiger partial charge in [0.05, 0.1) is 6.61 Å². The Morgan fingerprint density at radius 2 is 2.23 bits per heavy atom. The molecule has 1 aromatic rings. The van der Waals surface area contributed by atoms with Gasteiger partial charge < -0.3 is 14.8 Å². The van der Waals surface area contributed by atoms with Gasteiger partial charge in [-0.1, -0.05) is 12.1 Å². The minimum atomic E-state index is -0.648. The molecule has 1 fully saturated rings. The number of anilines is 1. The van der Waals surface area contributed by atoms with Gasteiger partial charge in [-0.2, -0.15) is 0 Å². The predicted molar refractivity (Wildman–Crippen MR) is 83.7 cm³/mol. The molecular weight excluding hydrogens is 282 g/mol. The maximum Gasteiger partial charge on any atom is 0.340 e. The van der Waals surface area contributed by atoms with Crippen molar-refractivity contribution >= 4 is 17.6 Å². The molecule has 1 aliphatic rings. The van der Waals surface area contributed by atoms with Crippen LogP contribution in [0.5, 0.6) is 5.75 Å². The van der Waals surface area contributed by atoms with Crippen LogP contribution in [-0.2, 0) is 14.3 Å². The first-order valence-corrected chi connectivity index (χ1v) is 7.45. The molecular formula is C17H21NO4. The average molecular weight is 303 g/mol. The topological polar surface area (TPSA) is 64.6 Å². The third-order valence-electron chi connectivity index (χ3n) is 3.29.